The van der Waals surface area contributed by atoms with Gasteiger partial charge in [-0.3, -0.25) is 9.58 Å². The molecule has 1 aliphatic heterocycles. The van der Waals surface area contributed by atoms with Crippen LogP contribution in [0.3, 0.4) is 0 Å². The van der Waals surface area contributed by atoms with Crippen LogP contribution in [0.15, 0.2) is 23.0 Å². The van der Waals surface area contributed by atoms with Crippen LogP contribution in [-0.2, 0) is 18.3 Å². The minimum atomic E-state index is 0.466. The van der Waals surface area contributed by atoms with Crippen molar-refractivity contribution in [2.75, 3.05) is 26.3 Å². The first-order valence-corrected chi connectivity index (χ1v) is 7.86. The number of nitrogens with zero attached hydrogens (tertiary/aromatic N) is 4. The monoisotopic (exact) mass is 304 g/mol. The van der Waals surface area contributed by atoms with Gasteiger partial charge in [0.2, 0.25) is 0 Å². The van der Waals surface area contributed by atoms with Crippen LogP contribution < -0.4 is 0 Å². The summed E-state index contributed by atoms with van der Waals surface area (Å²) in [5.41, 5.74) is 2.30. The van der Waals surface area contributed by atoms with Crippen LogP contribution in [0.5, 0.6) is 0 Å². The fraction of sp³-hybridized carbons (Fsp3) is 0.625. The Morgan fingerprint density at radius 2 is 2.27 bits per heavy atom. The van der Waals surface area contributed by atoms with Gasteiger partial charge in [0.25, 0.3) is 0 Å². The molecule has 22 heavy (non-hydrogen) atoms. The fourth-order valence-corrected chi connectivity index (χ4v) is 3.26. The lowest BCUT2D eigenvalue weighted by Crippen LogP contribution is -2.21. The molecule has 2 aromatic rings. The summed E-state index contributed by atoms with van der Waals surface area (Å²) in [7, 11) is 1.96. The summed E-state index contributed by atoms with van der Waals surface area (Å²) in [5, 5.41) is 8.42. The van der Waals surface area contributed by atoms with Crippen molar-refractivity contribution in [3.63, 3.8) is 0 Å². The topological polar surface area (TPSA) is 56.3 Å². The molecule has 0 radical (unpaired) electrons. The highest BCUT2D eigenvalue weighted by Gasteiger charge is 2.34. The standard InChI is InChI=1S/C16H24N4O2/c1-4-21-11-14-8-20(9-15-5-12(2)22-18-15)10-16(14)13-6-17-19(3)7-13/h5-7,14,16H,4,8-11H2,1-3H3/t14-,16-/m0/s1. The minimum Gasteiger partial charge on any atom is -0.381 e. The zero-order valence-electron chi connectivity index (χ0n) is 13.5. The first-order chi connectivity index (χ1) is 10.7. The predicted molar refractivity (Wildman–Crippen MR) is 82.4 cm³/mol. The van der Waals surface area contributed by atoms with Crippen LogP contribution in [0, 0.1) is 12.8 Å². The average molecular weight is 304 g/mol. The lowest BCUT2D eigenvalue weighted by molar-refractivity contribution is 0.107. The van der Waals surface area contributed by atoms with Gasteiger partial charge in [-0.05, 0) is 19.4 Å². The van der Waals surface area contributed by atoms with Crippen molar-refractivity contribution in [2.24, 2.45) is 13.0 Å². The van der Waals surface area contributed by atoms with E-state index in [0.717, 1.165) is 44.3 Å². The Morgan fingerprint density at radius 1 is 1.41 bits per heavy atom. The number of likely N-dealkylation sites (tertiary alicyclic amines) is 1. The number of aryl methyl sites for hydroxylation is 2. The van der Waals surface area contributed by atoms with E-state index in [2.05, 4.69) is 21.4 Å². The van der Waals surface area contributed by atoms with E-state index in [1.54, 1.807) is 0 Å². The van der Waals surface area contributed by atoms with Gasteiger partial charge in [-0.2, -0.15) is 5.10 Å². The van der Waals surface area contributed by atoms with E-state index < -0.39 is 0 Å². The lowest BCUT2D eigenvalue weighted by Gasteiger charge is -2.16. The molecule has 2 atom stereocenters. The molecule has 0 aromatic carbocycles. The highest BCUT2D eigenvalue weighted by atomic mass is 16.5. The SMILES string of the molecule is CCOC[C@@H]1CN(Cc2cc(C)on2)C[C@H]1c1cnn(C)c1. The summed E-state index contributed by atoms with van der Waals surface area (Å²) in [5.74, 6) is 1.83. The van der Waals surface area contributed by atoms with E-state index in [1.807, 2.05) is 37.8 Å². The van der Waals surface area contributed by atoms with Crippen molar-refractivity contribution in [3.05, 3.63) is 35.5 Å². The van der Waals surface area contributed by atoms with Crippen molar-refractivity contribution in [2.45, 2.75) is 26.3 Å². The van der Waals surface area contributed by atoms with E-state index in [9.17, 15) is 0 Å². The summed E-state index contributed by atoms with van der Waals surface area (Å²) in [4.78, 5) is 2.43. The third-order valence-electron chi connectivity index (χ3n) is 4.27. The molecule has 0 unspecified atom stereocenters. The maximum atomic E-state index is 5.69. The third kappa shape index (κ3) is 3.39. The molecule has 3 heterocycles. The van der Waals surface area contributed by atoms with Gasteiger partial charge < -0.3 is 9.26 Å². The Morgan fingerprint density at radius 3 is 2.91 bits per heavy atom. The predicted octanol–water partition coefficient (Wildman–Crippen LogP) is 1.97. The maximum absolute atomic E-state index is 5.69. The highest BCUT2D eigenvalue weighted by molar-refractivity contribution is 5.16. The molecule has 0 bridgehead atoms. The Labute approximate surface area is 131 Å². The zero-order valence-corrected chi connectivity index (χ0v) is 13.5. The van der Waals surface area contributed by atoms with Gasteiger partial charge in [0.15, 0.2) is 0 Å². The molecule has 1 fully saturated rings. The maximum Gasteiger partial charge on any atom is 0.133 e. The fourth-order valence-electron chi connectivity index (χ4n) is 3.26. The van der Waals surface area contributed by atoms with Crippen LogP contribution >= 0.6 is 0 Å². The number of hydrogen-bond donors (Lipinski definition) is 0. The molecular formula is C16H24N4O2. The summed E-state index contributed by atoms with van der Waals surface area (Å²) in [6.07, 6.45) is 4.10. The first-order valence-electron chi connectivity index (χ1n) is 7.86. The summed E-state index contributed by atoms with van der Waals surface area (Å²) in [6.45, 7) is 8.39. The number of ether oxygens (including phenoxy) is 1. The number of hydrogen-bond acceptors (Lipinski definition) is 5. The molecule has 2 aromatic heterocycles. The molecule has 1 saturated heterocycles. The van der Waals surface area contributed by atoms with E-state index in [4.69, 9.17) is 9.26 Å². The highest BCUT2D eigenvalue weighted by Crippen LogP contribution is 2.33. The van der Waals surface area contributed by atoms with Crippen LogP contribution in [0.2, 0.25) is 0 Å². The average Bonchev–Trinajstić information content (AvgIpc) is 3.18. The van der Waals surface area contributed by atoms with Gasteiger partial charge in [-0.1, -0.05) is 5.16 Å². The molecule has 6 heteroatoms. The van der Waals surface area contributed by atoms with Crippen molar-refractivity contribution in [1.82, 2.24) is 19.8 Å². The largest absolute Gasteiger partial charge is 0.381 e. The third-order valence-corrected chi connectivity index (χ3v) is 4.27. The molecule has 3 rings (SSSR count). The van der Waals surface area contributed by atoms with E-state index in [0.29, 0.717) is 11.8 Å². The molecule has 0 aliphatic carbocycles. The van der Waals surface area contributed by atoms with Gasteiger partial charge in [0.1, 0.15) is 5.76 Å². The normalized spacial score (nSPS) is 22.5. The Hall–Kier alpha value is -1.66. The number of rotatable bonds is 6. The lowest BCUT2D eigenvalue weighted by atomic mass is 9.92. The molecule has 120 valence electrons. The van der Waals surface area contributed by atoms with Crippen LogP contribution in [0.1, 0.15) is 29.9 Å². The smallest absolute Gasteiger partial charge is 0.133 e. The summed E-state index contributed by atoms with van der Waals surface area (Å²) < 4.78 is 12.7. The second-order valence-corrected chi connectivity index (χ2v) is 6.10. The van der Waals surface area contributed by atoms with E-state index in [1.165, 1.54) is 5.56 Å². The first kappa shape index (κ1) is 15.2. The molecule has 6 nitrogen and oxygen atoms in total. The summed E-state index contributed by atoms with van der Waals surface area (Å²) in [6, 6.07) is 2.01. The second-order valence-electron chi connectivity index (χ2n) is 6.10. The molecule has 0 spiro atoms. The molecule has 0 N–H and O–H groups in total. The van der Waals surface area contributed by atoms with Gasteiger partial charge in [0.05, 0.1) is 18.5 Å². The van der Waals surface area contributed by atoms with Gasteiger partial charge >= 0.3 is 0 Å². The van der Waals surface area contributed by atoms with Gasteiger partial charge in [0, 0.05) is 57.4 Å². The van der Waals surface area contributed by atoms with Crippen molar-refractivity contribution in [3.8, 4) is 0 Å². The van der Waals surface area contributed by atoms with Gasteiger partial charge in [-0.25, -0.2) is 0 Å². The van der Waals surface area contributed by atoms with Crippen molar-refractivity contribution < 1.29 is 9.26 Å². The zero-order chi connectivity index (χ0) is 15.5. The molecule has 0 saturated carbocycles. The van der Waals surface area contributed by atoms with Crippen LogP contribution in [0.4, 0.5) is 0 Å². The molecular weight excluding hydrogens is 280 g/mol. The quantitative estimate of drug-likeness (QED) is 0.816. The Balaban J connectivity index is 1.70. The van der Waals surface area contributed by atoms with Crippen LogP contribution in [-0.4, -0.2) is 46.1 Å². The molecule has 1 aliphatic rings. The summed E-state index contributed by atoms with van der Waals surface area (Å²) >= 11 is 0. The van der Waals surface area contributed by atoms with Crippen molar-refractivity contribution >= 4 is 0 Å². The Bertz CT molecular complexity index is 607. The van der Waals surface area contributed by atoms with E-state index >= 15 is 0 Å². The van der Waals surface area contributed by atoms with Crippen molar-refractivity contribution in [1.29, 1.82) is 0 Å². The second kappa shape index (κ2) is 6.62. The van der Waals surface area contributed by atoms with E-state index in [-0.39, 0.29) is 0 Å². The molecule has 0 amide bonds. The van der Waals surface area contributed by atoms with Gasteiger partial charge in [-0.15, -0.1) is 0 Å². The Kier molecular flexibility index (Phi) is 4.59. The van der Waals surface area contributed by atoms with Crippen LogP contribution in [0.25, 0.3) is 0 Å². The number of aromatic nitrogens is 3. The minimum absolute atomic E-state index is 0.466.